The molecule has 0 radical (unpaired) electrons. The molecule has 0 saturated carbocycles. The molecule has 4 aromatic rings. The average Bonchev–Trinajstić information content (AvgIpc) is 3.38. The predicted octanol–water partition coefficient (Wildman–Crippen LogP) is 5.61. The van der Waals surface area contributed by atoms with E-state index in [1.807, 2.05) is 35.6 Å². The topological polar surface area (TPSA) is 66.9 Å². The molecule has 0 atom stereocenters. The third kappa shape index (κ3) is 5.66. The van der Waals surface area contributed by atoms with Crippen LogP contribution in [0.25, 0.3) is 21.0 Å². The lowest BCUT2D eigenvalue weighted by Crippen LogP contribution is -2.46. The minimum absolute atomic E-state index is 0.452. The molecule has 1 N–H and O–H groups in total. The smallest absolute Gasteiger partial charge is 0.412 e. The molecule has 7 nitrogen and oxygen atoms in total. The van der Waals surface area contributed by atoms with Gasteiger partial charge in [0.2, 0.25) is 0 Å². The number of piperazine rings is 1. The number of nitrogens with one attached hydrogen (secondary N) is 1. The molecule has 1 fully saturated rings. The number of carbonyl (C=O) groups excluding carboxylic acids is 1. The van der Waals surface area contributed by atoms with E-state index in [1.165, 1.54) is 22.9 Å². The predicted molar refractivity (Wildman–Crippen MR) is 143 cm³/mol. The first-order valence-corrected chi connectivity index (χ1v) is 12.9. The van der Waals surface area contributed by atoms with Crippen LogP contribution in [0, 0.1) is 0 Å². The summed E-state index contributed by atoms with van der Waals surface area (Å²) in [5.74, 6) is 1.24. The maximum Gasteiger partial charge on any atom is 0.412 e. The summed E-state index contributed by atoms with van der Waals surface area (Å²) >= 11 is 1.81. The highest BCUT2D eigenvalue weighted by atomic mass is 32.1. The van der Waals surface area contributed by atoms with Gasteiger partial charge in [-0.15, -0.1) is 11.3 Å². The second-order valence-electron chi connectivity index (χ2n) is 8.66. The van der Waals surface area contributed by atoms with E-state index in [0.29, 0.717) is 12.4 Å². The van der Waals surface area contributed by atoms with Crippen molar-refractivity contribution in [2.75, 3.05) is 56.7 Å². The Labute approximate surface area is 209 Å². The second-order valence-corrected chi connectivity index (χ2v) is 9.61. The number of benzene rings is 2. The standard InChI is InChI=1S/C27H30N4O3S/c1-33-27(32)29-26-10-8-20-7-9-21(19-23(20)28-26)34-17-3-2-12-30-13-15-31(16-14-30)24-5-4-6-25-22(24)11-18-35-25/h4-11,18-19H,2-3,12-17H2,1H3,(H,28,29,32). The molecule has 2 aromatic heterocycles. The zero-order valence-corrected chi connectivity index (χ0v) is 20.7. The lowest BCUT2D eigenvalue weighted by Gasteiger charge is -2.36. The lowest BCUT2D eigenvalue weighted by atomic mass is 10.2. The average molecular weight is 491 g/mol. The van der Waals surface area contributed by atoms with Crippen molar-refractivity contribution in [3.05, 3.63) is 60.0 Å². The molecular weight excluding hydrogens is 460 g/mol. The van der Waals surface area contributed by atoms with Crippen molar-refractivity contribution in [3.8, 4) is 5.75 Å². The van der Waals surface area contributed by atoms with E-state index >= 15 is 0 Å². The van der Waals surface area contributed by atoms with Crippen molar-refractivity contribution in [3.63, 3.8) is 0 Å². The summed E-state index contributed by atoms with van der Waals surface area (Å²) in [4.78, 5) is 21.0. The van der Waals surface area contributed by atoms with Crippen molar-refractivity contribution in [1.82, 2.24) is 9.88 Å². The van der Waals surface area contributed by atoms with Crippen molar-refractivity contribution >= 4 is 49.9 Å². The van der Waals surface area contributed by atoms with Crippen molar-refractivity contribution < 1.29 is 14.3 Å². The van der Waals surface area contributed by atoms with Gasteiger partial charge in [0.05, 0.1) is 19.2 Å². The molecule has 5 rings (SSSR count). The van der Waals surface area contributed by atoms with E-state index in [2.05, 4.69) is 54.5 Å². The first kappa shape index (κ1) is 23.4. The number of rotatable bonds is 8. The van der Waals surface area contributed by atoms with Gasteiger partial charge < -0.3 is 14.4 Å². The molecule has 8 heteroatoms. The Hall–Kier alpha value is -3.36. The van der Waals surface area contributed by atoms with Gasteiger partial charge in [0.15, 0.2) is 0 Å². The van der Waals surface area contributed by atoms with Crippen LogP contribution in [-0.2, 0) is 4.74 Å². The normalized spacial score (nSPS) is 14.4. The molecule has 1 amide bonds. The Morgan fingerprint density at radius 3 is 2.77 bits per heavy atom. The third-order valence-corrected chi connectivity index (χ3v) is 7.28. The highest BCUT2D eigenvalue weighted by Crippen LogP contribution is 2.31. The van der Waals surface area contributed by atoms with Gasteiger partial charge >= 0.3 is 6.09 Å². The fourth-order valence-corrected chi connectivity index (χ4v) is 5.31. The summed E-state index contributed by atoms with van der Waals surface area (Å²) in [5, 5.41) is 7.14. The van der Waals surface area contributed by atoms with Crippen molar-refractivity contribution in [2.24, 2.45) is 0 Å². The maximum atomic E-state index is 11.4. The summed E-state index contributed by atoms with van der Waals surface area (Å²) in [6, 6.07) is 18.4. The number of hydrogen-bond donors (Lipinski definition) is 1. The molecule has 3 heterocycles. The highest BCUT2D eigenvalue weighted by molar-refractivity contribution is 7.17. The Balaban J connectivity index is 1.05. The molecule has 0 bridgehead atoms. The number of carbonyl (C=O) groups is 1. The summed E-state index contributed by atoms with van der Waals surface area (Å²) in [5.41, 5.74) is 2.14. The van der Waals surface area contributed by atoms with Gasteiger partial charge in [-0.05, 0) is 67.2 Å². The number of methoxy groups -OCH3 is 1. The maximum absolute atomic E-state index is 11.4. The van der Waals surface area contributed by atoms with Crippen LogP contribution in [0.4, 0.5) is 16.3 Å². The van der Waals surface area contributed by atoms with Gasteiger partial charge in [0.25, 0.3) is 0 Å². The van der Waals surface area contributed by atoms with E-state index in [9.17, 15) is 4.79 Å². The van der Waals surface area contributed by atoms with E-state index in [0.717, 1.165) is 62.2 Å². The molecular formula is C27H30N4O3S. The number of pyridine rings is 1. The fourth-order valence-electron chi connectivity index (χ4n) is 4.51. The SMILES string of the molecule is COC(=O)Nc1ccc2ccc(OCCCCN3CCN(c4cccc5sccc45)CC3)cc2n1. The zero-order chi connectivity index (χ0) is 24.0. The van der Waals surface area contributed by atoms with Crippen LogP contribution < -0.4 is 15.0 Å². The number of hydrogen-bond acceptors (Lipinski definition) is 7. The summed E-state index contributed by atoms with van der Waals surface area (Å²) < 4.78 is 12.0. The number of nitrogens with zero attached hydrogens (tertiary/aromatic N) is 3. The van der Waals surface area contributed by atoms with E-state index in [1.54, 1.807) is 6.07 Å². The van der Waals surface area contributed by atoms with Gasteiger partial charge in [-0.2, -0.15) is 0 Å². The van der Waals surface area contributed by atoms with Crippen LogP contribution in [0.1, 0.15) is 12.8 Å². The molecule has 0 unspecified atom stereocenters. The van der Waals surface area contributed by atoms with Crippen molar-refractivity contribution in [2.45, 2.75) is 12.8 Å². The highest BCUT2D eigenvalue weighted by Gasteiger charge is 2.18. The molecule has 2 aromatic carbocycles. The minimum atomic E-state index is -0.537. The molecule has 1 aliphatic heterocycles. The second kappa shape index (κ2) is 10.9. The third-order valence-electron chi connectivity index (χ3n) is 6.40. The number of fused-ring (bicyclic) bond motifs is 2. The van der Waals surface area contributed by atoms with E-state index < -0.39 is 6.09 Å². The van der Waals surface area contributed by atoms with Gasteiger partial charge in [0, 0.05) is 53.4 Å². The van der Waals surface area contributed by atoms with Crippen LogP contribution in [0.15, 0.2) is 60.0 Å². The van der Waals surface area contributed by atoms with Crippen LogP contribution in [0.5, 0.6) is 5.75 Å². The molecule has 35 heavy (non-hydrogen) atoms. The molecule has 1 aliphatic rings. The Bertz CT molecular complexity index is 1300. The van der Waals surface area contributed by atoms with Gasteiger partial charge in [-0.25, -0.2) is 9.78 Å². The first-order valence-electron chi connectivity index (χ1n) is 12.0. The molecule has 0 aliphatic carbocycles. The van der Waals surface area contributed by atoms with E-state index in [4.69, 9.17) is 4.74 Å². The number of unbranched alkanes of at least 4 members (excludes halogenated alkanes) is 1. The Morgan fingerprint density at radius 1 is 1.06 bits per heavy atom. The van der Waals surface area contributed by atoms with Gasteiger partial charge in [0.1, 0.15) is 11.6 Å². The van der Waals surface area contributed by atoms with Crippen LogP contribution in [-0.4, -0.2) is 62.4 Å². The monoisotopic (exact) mass is 490 g/mol. The summed E-state index contributed by atoms with van der Waals surface area (Å²) in [6.07, 6.45) is 1.58. The molecule has 182 valence electrons. The Morgan fingerprint density at radius 2 is 1.91 bits per heavy atom. The summed E-state index contributed by atoms with van der Waals surface area (Å²) in [6.45, 7) is 6.11. The van der Waals surface area contributed by atoms with Crippen molar-refractivity contribution in [1.29, 1.82) is 0 Å². The molecule has 1 saturated heterocycles. The molecule has 0 spiro atoms. The lowest BCUT2D eigenvalue weighted by molar-refractivity contribution is 0.187. The largest absolute Gasteiger partial charge is 0.494 e. The first-order chi connectivity index (χ1) is 17.2. The number of anilines is 2. The van der Waals surface area contributed by atoms with Crippen LogP contribution >= 0.6 is 11.3 Å². The van der Waals surface area contributed by atoms with Gasteiger partial charge in [-0.1, -0.05) is 6.07 Å². The zero-order valence-electron chi connectivity index (χ0n) is 19.9. The number of amides is 1. The number of thiophene rings is 1. The van der Waals surface area contributed by atoms with Gasteiger partial charge in [-0.3, -0.25) is 10.2 Å². The minimum Gasteiger partial charge on any atom is -0.494 e. The quantitative estimate of drug-likeness (QED) is 0.324. The number of ether oxygens (including phenoxy) is 2. The fraction of sp³-hybridized carbons (Fsp3) is 0.333. The van der Waals surface area contributed by atoms with E-state index in [-0.39, 0.29) is 0 Å². The van der Waals surface area contributed by atoms with Crippen LogP contribution in [0.2, 0.25) is 0 Å². The summed E-state index contributed by atoms with van der Waals surface area (Å²) in [7, 11) is 1.33. The number of aromatic nitrogens is 1. The Kier molecular flexibility index (Phi) is 7.30. The van der Waals surface area contributed by atoms with Crippen LogP contribution in [0.3, 0.4) is 0 Å².